The molecule has 0 aliphatic carbocycles. The first kappa shape index (κ1) is 23.6. The van der Waals surface area contributed by atoms with Gasteiger partial charge in [-0.25, -0.2) is 12.8 Å². The van der Waals surface area contributed by atoms with E-state index in [1.165, 1.54) is 29.2 Å². The van der Waals surface area contributed by atoms with Gasteiger partial charge in [0.2, 0.25) is 5.91 Å². The molecule has 32 heavy (non-hydrogen) atoms. The van der Waals surface area contributed by atoms with Crippen LogP contribution in [0.5, 0.6) is 5.75 Å². The minimum absolute atomic E-state index is 0.0310. The molecule has 3 rings (SSSR count). The molecule has 0 radical (unpaired) electrons. The fourth-order valence-corrected chi connectivity index (χ4v) is 4.40. The fourth-order valence-electron chi connectivity index (χ4n) is 3.17. The molecule has 2 aromatic carbocycles. The second kappa shape index (κ2) is 10.1. The zero-order valence-corrected chi connectivity index (χ0v) is 17.9. The summed E-state index contributed by atoms with van der Waals surface area (Å²) in [6, 6.07) is 10.5. The lowest BCUT2D eigenvalue weighted by atomic mass is 10.1. The lowest BCUT2D eigenvalue weighted by Crippen LogP contribution is -2.60. The highest BCUT2D eigenvalue weighted by molar-refractivity contribution is 7.91. The van der Waals surface area contributed by atoms with Crippen molar-refractivity contribution in [2.75, 3.05) is 24.6 Å². The van der Waals surface area contributed by atoms with Crippen LogP contribution in [0.1, 0.15) is 15.9 Å². The number of ether oxygens (including phenoxy) is 1. The summed E-state index contributed by atoms with van der Waals surface area (Å²) in [5, 5.41) is 12.9. The van der Waals surface area contributed by atoms with Crippen LogP contribution in [0.2, 0.25) is 0 Å². The van der Waals surface area contributed by atoms with E-state index in [4.69, 9.17) is 10.5 Å². The number of nitrogens with two attached hydrogens (primary N) is 1. The maximum absolute atomic E-state index is 12.9. The second-order valence-electron chi connectivity index (χ2n) is 7.39. The molecule has 172 valence electrons. The third-order valence-corrected chi connectivity index (χ3v) is 6.69. The smallest absolute Gasteiger partial charge is 0.252 e. The Morgan fingerprint density at radius 3 is 2.25 bits per heavy atom. The summed E-state index contributed by atoms with van der Waals surface area (Å²) in [7, 11) is -3.17. The largest absolute Gasteiger partial charge is 0.489 e. The zero-order chi connectivity index (χ0) is 23.3. The first-order valence-corrected chi connectivity index (χ1v) is 11.7. The van der Waals surface area contributed by atoms with Gasteiger partial charge >= 0.3 is 0 Å². The normalized spacial score (nSPS) is 17.8. The molecule has 1 aliphatic rings. The third-order valence-electron chi connectivity index (χ3n) is 5.08. The minimum Gasteiger partial charge on any atom is -0.489 e. The van der Waals surface area contributed by atoms with Crippen LogP contribution in [0.4, 0.5) is 4.39 Å². The lowest BCUT2D eigenvalue weighted by Gasteiger charge is -2.34. The molecule has 1 heterocycles. The number of aliphatic hydroxyl groups is 1. The van der Waals surface area contributed by atoms with E-state index in [0.717, 1.165) is 5.56 Å². The Labute approximate surface area is 184 Å². The monoisotopic (exact) mass is 465 g/mol. The van der Waals surface area contributed by atoms with Crippen LogP contribution in [0.15, 0.2) is 48.5 Å². The van der Waals surface area contributed by atoms with Gasteiger partial charge in [-0.05, 0) is 42.0 Å². The number of halogens is 1. The van der Waals surface area contributed by atoms with Crippen molar-refractivity contribution in [3.8, 4) is 5.75 Å². The molecule has 1 aliphatic heterocycles. The highest BCUT2D eigenvalue weighted by atomic mass is 32.2. The van der Waals surface area contributed by atoms with Gasteiger partial charge in [-0.1, -0.05) is 12.1 Å². The van der Waals surface area contributed by atoms with Crippen LogP contribution in [-0.2, 0) is 21.2 Å². The Morgan fingerprint density at radius 2 is 1.69 bits per heavy atom. The van der Waals surface area contributed by atoms with E-state index >= 15 is 0 Å². The van der Waals surface area contributed by atoms with Gasteiger partial charge in [0.1, 0.15) is 30.4 Å². The van der Waals surface area contributed by atoms with Crippen LogP contribution in [0.25, 0.3) is 0 Å². The van der Waals surface area contributed by atoms with Gasteiger partial charge < -0.3 is 20.9 Å². The number of hydrogen-bond acceptors (Lipinski definition) is 7. The number of sulfone groups is 1. The Hall–Kier alpha value is -3.02. The van der Waals surface area contributed by atoms with E-state index in [-0.39, 0.29) is 42.6 Å². The molecule has 1 saturated heterocycles. The number of nitrogens with one attached hydrogen (secondary N) is 1. The molecule has 0 bridgehead atoms. The maximum Gasteiger partial charge on any atom is 0.252 e. The van der Waals surface area contributed by atoms with Gasteiger partial charge in [0, 0.05) is 18.7 Å². The topological polar surface area (TPSA) is 139 Å². The second-order valence-corrected chi connectivity index (χ2v) is 9.70. The predicted molar refractivity (Wildman–Crippen MR) is 114 cm³/mol. The molecule has 11 heteroatoms. The number of carbonyl (C=O) groups is 2. The van der Waals surface area contributed by atoms with Crippen LogP contribution < -0.4 is 15.8 Å². The van der Waals surface area contributed by atoms with Crippen molar-refractivity contribution in [2.24, 2.45) is 5.73 Å². The van der Waals surface area contributed by atoms with Crippen LogP contribution in [0, 0.1) is 5.82 Å². The molecular weight excluding hydrogens is 441 g/mol. The average molecular weight is 466 g/mol. The van der Waals surface area contributed by atoms with E-state index in [9.17, 15) is 27.5 Å². The number of aliphatic hydroxyl groups excluding tert-OH is 1. The SMILES string of the molecule is NC(=O)[C@@H](NC(=O)c1ccc(OCc2ccc(F)cc2)cc1)C(O)N1CCS(=O)(=O)CC1. The van der Waals surface area contributed by atoms with Gasteiger partial charge in [0.15, 0.2) is 9.84 Å². The molecular formula is C21H24FN3O6S. The van der Waals surface area contributed by atoms with Gasteiger partial charge in [-0.3, -0.25) is 14.5 Å². The highest BCUT2D eigenvalue weighted by Crippen LogP contribution is 2.16. The minimum atomic E-state index is -3.17. The molecule has 1 unspecified atom stereocenters. The van der Waals surface area contributed by atoms with E-state index in [1.807, 2.05) is 0 Å². The number of primary amides is 1. The third kappa shape index (κ3) is 6.25. The molecule has 0 aromatic heterocycles. The Morgan fingerprint density at radius 1 is 1.09 bits per heavy atom. The molecule has 2 amide bonds. The van der Waals surface area contributed by atoms with Crippen molar-refractivity contribution in [1.82, 2.24) is 10.2 Å². The van der Waals surface area contributed by atoms with Crippen molar-refractivity contribution in [1.29, 1.82) is 0 Å². The molecule has 2 atom stereocenters. The Kier molecular flexibility index (Phi) is 7.44. The summed E-state index contributed by atoms with van der Waals surface area (Å²) in [6.45, 7) is 0.278. The van der Waals surface area contributed by atoms with Gasteiger partial charge in [-0.15, -0.1) is 0 Å². The van der Waals surface area contributed by atoms with Crippen molar-refractivity contribution >= 4 is 21.7 Å². The molecule has 4 N–H and O–H groups in total. The van der Waals surface area contributed by atoms with Crippen LogP contribution in [0.3, 0.4) is 0 Å². The highest BCUT2D eigenvalue weighted by Gasteiger charge is 2.34. The zero-order valence-electron chi connectivity index (χ0n) is 17.1. The summed E-state index contributed by atoms with van der Waals surface area (Å²) >= 11 is 0. The van der Waals surface area contributed by atoms with Gasteiger partial charge in [0.05, 0.1) is 11.5 Å². The Bertz CT molecular complexity index is 1050. The molecule has 9 nitrogen and oxygen atoms in total. The fraction of sp³-hybridized carbons (Fsp3) is 0.333. The number of benzene rings is 2. The quantitative estimate of drug-likeness (QED) is 0.500. The van der Waals surface area contributed by atoms with E-state index in [2.05, 4.69) is 5.32 Å². The molecule has 0 spiro atoms. The number of nitrogens with zero attached hydrogens (tertiary/aromatic N) is 1. The van der Waals surface area contributed by atoms with Crippen molar-refractivity contribution < 1.29 is 32.2 Å². The van der Waals surface area contributed by atoms with E-state index in [1.54, 1.807) is 24.3 Å². The maximum atomic E-state index is 12.9. The van der Waals surface area contributed by atoms with E-state index in [0.29, 0.717) is 5.75 Å². The molecule has 0 saturated carbocycles. The van der Waals surface area contributed by atoms with Gasteiger partial charge in [-0.2, -0.15) is 0 Å². The van der Waals surface area contributed by atoms with Crippen LogP contribution in [-0.4, -0.2) is 67.1 Å². The lowest BCUT2D eigenvalue weighted by molar-refractivity contribution is -0.126. The summed E-state index contributed by atoms with van der Waals surface area (Å²) in [6.07, 6.45) is -1.45. The van der Waals surface area contributed by atoms with Crippen molar-refractivity contribution in [3.05, 3.63) is 65.5 Å². The number of carbonyl (C=O) groups excluding carboxylic acids is 2. The summed E-state index contributed by atoms with van der Waals surface area (Å²) in [5.74, 6) is -1.74. The predicted octanol–water partition coefficient (Wildman–Crippen LogP) is 0.0372. The summed E-state index contributed by atoms with van der Waals surface area (Å²) in [5.41, 5.74) is 6.33. The number of hydrogen-bond donors (Lipinski definition) is 3. The van der Waals surface area contributed by atoms with E-state index < -0.39 is 33.9 Å². The summed E-state index contributed by atoms with van der Waals surface area (Å²) < 4.78 is 41.7. The number of amides is 2. The first-order chi connectivity index (χ1) is 15.1. The molecule has 1 fully saturated rings. The standard InChI is InChI=1S/C21H24FN3O6S/c22-16-5-1-14(2-6-16)13-31-17-7-3-15(4-8-17)20(27)24-18(19(23)26)21(28)25-9-11-32(29,30)12-10-25/h1-8,18,21,28H,9-13H2,(H2,23,26)(H,24,27)/t18-,21?/m1/s1. The first-order valence-electron chi connectivity index (χ1n) is 9.85. The average Bonchev–Trinajstić information content (AvgIpc) is 2.76. The van der Waals surface area contributed by atoms with Crippen molar-refractivity contribution in [3.63, 3.8) is 0 Å². The molecule has 2 aromatic rings. The number of rotatable bonds is 8. The van der Waals surface area contributed by atoms with Crippen molar-refractivity contribution in [2.45, 2.75) is 18.9 Å². The van der Waals surface area contributed by atoms with Crippen LogP contribution >= 0.6 is 0 Å². The Balaban J connectivity index is 1.59. The van der Waals surface area contributed by atoms with Gasteiger partial charge in [0.25, 0.3) is 5.91 Å². The summed E-state index contributed by atoms with van der Waals surface area (Å²) in [4.78, 5) is 25.8.